The number of carboxylic acids is 1. The zero-order chi connectivity index (χ0) is 16.8. The van der Waals surface area contributed by atoms with Gasteiger partial charge in [0.05, 0.1) is 5.56 Å². The minimum atomic E-state index is -0.768. The molecule has 3 rings (SSSR count). The summed E-state index contributed by atoms with van der Waals surface area (Å²) in [5.74, 6) is 5.06. The minimum absolute atomic E-state index is 0.194. The van der Waals surface area contributed by atoms with Crippen molar-refractivity contribution in [3.8, 4) is 0 Å². The summed E-state index contributed by atoms with van der Waals surface area (Å²) in [5.41, 5.74) is 4.42. The number of rotatable bonds is 4. The van der Waals surface area contributed by atoms with E-state index in [2.05, 4.69) is 13.8 Å². The van der Waals surface area contributed by atoms with Crippen LogP contribution in [0.4, 0.5) is 0 Å². The fraction of sp³-hybridized carbons (Fsp3) is 0.611. The summed E-state index contributed by atoms with van der Waals surface area (Å²) < 4.78 is 0. The van der Waals surface area contributed by atoms with Crippen molar-refractivity contribution in [1.29, 1.82) is 0 Å². The van der Waals surface area contributed by atoms with E-state index in [1.165, 1.54) is 16.0 Å². The monoisotopic (exact) mass is 334 g/mol. The second-order valence-corrected chi connectivity index (χ2v) is 8.81. The lowest BCUT2D eigenvalue weighted by Gasteiger charge is -2.29. The first kappa shape index (κ1) is 16.7. The number of hydrazine groups is 1. The number of carboxylic acid groups (broad SMARTS) is 1. The number of aromatic carboxylic acids is 1. The molecule has 0 saturated heterocycles. The first-order valence-corrected chi connectivity index (χ1v) is 9.15. The highest BCUT2D eigenvalue weighted by molar-refractivity contribution is 7.13. The molecule has 0 amide bonds. The first-order valence-electron chi connectivity index (χ1n) is 8.33. The predicted octanol–water partition coefficient (Wildman–Crippen LogP) is 3.70. The lowest BCUT2D eigenvalue weighted by molar-refractivity contribution is 0.0695. The Morgan fingerprint density at radius 1 is 1.35 bits per heavy atom. The summed E-state index contributed by atoms with van der Waals surface area (Å²) >= 11 is 1.72. The highest BCUT2D eigenvalue weighted by atomic mass is 32.1. The second kappa shape index (κ2) is 6.04. The molecule has 0 aliphatic heterocycles. The lowest BCUT2D eigenvalue weighted by Crippen LogP contribution is -2.28. The van der Waals surface area contributed by atoms with Crippen LogP contribution in [0.15, 0.2) is 5.57 Å². The van der Waals surface area contributed by atoms with Crippen molar-refractivity contribution in [3.05, 3.63) is 26.5 Å². The molecule has 0 spiro atoms. The molecule has 0 radical (unpaired) electrons. The largest absolute Gasteiger partial charge is 0.478 e. The summed E-state index contributed by atoms with van der Waals surface area (Å²) in [6.07, 6.45) is 6.13. The molecule has 0 bridgehead atoms. The van der Waals surface area contributed by atoms with Gasteiger partial charge in [0.25, 0.3) is 0 Å². The topological polar surface area (TPSA) is 66.6 Å². The predicted molar refractivity (Wildman–Crippen MR) is 94.7 cm³/mol. The molecular weight excluding hydrogens is 308 g/mol. The number of nitrogens with zero attached hydrogens (tertiary/aromatic N) is 1. The third kappa shape index (κ3) is 3.23. The van der Waals surface area contributed by atoms with Gasteiger partial charge in [0.2, 0.25) is 0 Å². The van der Waals surface area contributed by atoms with Gasteiger partial charge >= 0.3 is 5.97 Å². The lowest BCUT2D eigenvalue weighted by atomic mass is 9.76. The fourth-order valence-electron chi connectivity index (χ4n) is 3.91. The van der Waals surface area contributed by atoms with Crippen LogP contribution in [0.3, 0.4) is 0 Å². The Hall–Kier alpha value is -1.17. The van der Waals surface area contributed by atoms with Gasteiger partial charge in [-0.05, 0) is 55.1 Å². The van der Waals surface area contributed by atoms with Crippen LogP contribution < -0.4 is 5.84 Å². The van der Waals surface area contributed by atoms with Gasteiger partial charge in [-0.3, -0.25) is 5.84 Å². The molecule has 0 saturated carbocycles. The van der Waals surface area contributed by atoms with E-state index in [1.807, 2.05) is 7.05 Å². The molecule has 1 aromatic heterocycles. The normalized spacial score (nSPS) is 20.2. The zero-order valence-electron chi connectivity index (χ0n) is 14.2. The van der Waals surface area contributed by atoms with Crippen molar-refractivity contribution in [2.45, 2.75) is 52.4 Å². The smallest absolute Gasteiger partial charge is 0.337 e. The molecule has 0 fully saturated rings. The van der Waals surface area contributed by atoms with Crippen molar-refractivity contribution in [3.63, 3.8) is 0 Å². The maximum absolute atomic E-state index is 12.0. The van der Waals surface area contributed by atoms with Crippen molar-refractivity contribution in [1.82, 2.24) is 5.01 Å². The molecule has 23 heavy (non-hydrogen) atoms. The standard InChI is InChI=1S/C18H26N2O2S/c1-18(2)8-7-14-13(9-18)15(17(21)22)16(23-14)12-6-4-5-11(12)10-20(3)19/h4-10,19H2,1-3H3,(H,21,22). The van der Waals surface area contributed by atoms with Gasteiger partial charge < -0.3 is 5.11 Å². The number of hydrogen-bond acceptors (Lipinski definition) is 4. The van der Waals surface area contributed by atoms with E-state index in [-0.39, 0.29) is 5.41 Å². The first-order chi connectivity index (χ1) is 10.8. The molecule has 1 heterocycles. The van der Waals surface area contributed by atoms with E-state index in [4.69, 9.17) is 5.84 Å². The average Bonchev–Trinajstić information content (AvgIpc) is 3.00. The molecule has 5 heteroatoms. The molecule has 1 aromatic rings. The number of carbonyl (C=O) groups is 1. The molecule has 3 N–H and O–H groups in total. The molecular formula is C18H26N2O2S. The van der Waals surface area contributed by atoms with Crippen LogP contribution in [-0.2, 0) is 12.8 Å². The minimum Gasteiger partial charge on any atom is -0.478 e. The van der Waals surface area contributed by atoms with Crippen molar-refractivity contribution < 1.29 is 9.90 Å². The Balaban J connectivity index is 2.10. The molecule has 0 unspecified atom stereocenters. The van der Waals surface area contributed by atoms with Crippen molar-refractivity contribution in [2.75, 3.05) is 13.6 Å². The van der Waals surface area contributed by atoms with Crippen LogP contribution >= 0.6 is 11.3 Å². The van der Waals surface area contributed by atoms with Gasteiger partial charge in [-0.15, -0.1) is 11.3 Å². The Morgan fingerprint density at radius 3 is 2.74 bits per heavy atom. The fourth-order valence-corrected chi connectivity index (χ4v) is 5.34. The summed E-state index contributed by atoms with van der Waals surface area (Å²) in [6, 6.07) is 0. The van der Waals surface area contributed by atoms with Gasteiger partial charge in [0.15, 0.2) is 0 Å². The van der Waals surface area contributed by atoms with Crippen LogP contribution in [0.1, 0.15) is 65.2 Å². The number of hydrogen-bond donors (Lipinski definition) is 2. The highest BCUT2D eigenvalue weighted by Gasteiger charge is 2.34. The number of thiophene rings is 1. The zero-order valence-corrected chi connectivity index (χ0v) is 15.1. The van der Waals surface area contributed by atoms with E-state index >= 15 is 0 Å². The van der Waals surface area contributed by atoms with E-state index in [0.29, 0.717) is 5.56 Å². The Morgan fingerprint density at radius 2 is 2.09 bits per heavy atom. The summed E-state index contributed by atoms with van der Waals surface area (Å²) in [7, 11) is 1.86. The Labute approximate surface area is 142 Å². The number of allylic oxidation sites excluding steroid dienone is 1. The van der Waals surface area contributed by atoms with Crippen LogP contribution in [-0.4, -0.2) is 29.7 Å². The maximum Gasteiger partial charge on any atom is 0.337 e. The summed E-state index contributed by atoms with van der Waals surface area (Å²) in [5, 5.41) is 11.6. The van der Waals surface area contributed by atoms with E-state index in [0.717, 1.165) is 55.5 Å². The molecule has 2 aliphatic carbocycles. The number of aryl methyl sites for hydroxylation is 1. The van der Waals surface area contributed by atoms with E-state index in [9.17, 15) is 9.90 Å². The quantitative estimate of drug-likeness (QED) is 0.651. The highest BCUT2D eigenvalue weighted by Crippen LogP contribution is 2.46. The second-order valence-electron chi connectivity index (χ2n) is 7.70. The van der Waals surface area contributed by atoms with E-state index in [1.54, 1.807) is 16.3 Å². The summed E-state index contributed by atoms with van der Waals surface area (Å²) in [4.78, 5) is 14.3. The van der Waals surface area contributed by atoms with Crippen LogP contribution in [0.2, 0.25) is 0 Å². The Kier molecular flexibility index (Phi) is 4.38. The maximum atomic E-state index is 12.0. The van der Waals surface area contributed by atoms with Gasteiger partial charge in [0.1, 0.15) is 0 Å². The molecule has 2 aliphatic rings. The Bertz CT molecular complexity index is 671. The van der Waals surface area contributed by atoms with Gasteiger partial charge in [-0.1, -0.05) is 19.4 Å². The van der Waals surface area contributed by atoms with Gasteiger partial charge in [0, 0.05) is 23.3 Å². The van der Waals surface area contributed by atoms with Gasteiger partial charge in [-0.2, -0.15) is 0 Å². The van der Waals surface area contributed by atoms with Crippen LogP contribution in [0, 0.1) is 5.41 Å². The molecule has 126 valence electrons. The van der Waals surface area contributed by atoms with Crippen molar-refractivity contribution >= 4 is 22.9 Å². The average molecular weight is 334 g/mol. The van der Waals surface area contributed by atoms with Crippen LogP contribution in [0.5, 0.6) is 0 Å². The third-order valence-corrected chi connectivity index (χ3v) is 6.39. The number of nitrogens with two attached hydrogens (primary N) is 1. The van der Waals surface area contributed by atoms with Crippen LogP contribution in [0.25, 0.3) is 5.57 Å². The third-order valence-electron chi connectivity index (χ3n) is 5.04. The number of fused-ring (bicyclic) bond motifs is 1. The molecule has 0 atom stereocenters. The number of likely N-dealkylation sites (N-methyl/N-ethyl adjacent to an activating group) is 1. The molecule has 0 aromatic carbocycles. The van der Waals surface area contributed by atoms with Gasteiger partial charge in [-0.25, -0.2) is 9.80 Å². The summed E-state index contributed by atoms with van der Waals surface area (Å²) in [6.45, 7) is 5.20. The van der Waals surface area contributed by atoms with E-state index < -0.39 is 5.97 Å². The SMILES string of the molecule is CN(N)CC1=C(c2sc3c(c2C(=O)O)CC(C)(C)CC3)CCC1. The van der Waals surface area contributed by atoms with Crippen molar-refractivity contribution in [2.24, 2.45) is 11.3 Å². The molecule has 4 nitrogen and oxygen atoms in total.